The van der Waals surface area contributed by atoms with E-state index in [0.29, 0.717) is 23.9 Å². The zero-order valence-corrected chi connectivity index (χ0v) is 10.4. The van der Waals surface area contributed by atoms with Crippen molar-refractivity contribution >= 4 is 11.7 Å². The van der Waals surface area contributed by atoms with Crippen molar-refractivity contribution in [2.24, 2.45) is 0 Å². The largest absolute Gasteiger partial charge is 0.366 e. The highest BCUT2D eigenvalue weighted by atomic mass is 16.1. The molecule has 0 aromatic carbocycles. The smallest absolute Gasteiger partial charge is 0.270 e. The number of nitrogens with zero attached hydrogens (tertiary/aromatic N) is 2. The molecule has 0 aliphatic heterocycles. The zero-order valence-electron chi connectivity index (χ0n) is 10.4. The van der Waals surface area contributed by atoms with E-state index in [1.165, 1.54) is 0 Å². The predicted molar refractivity (Wildman–Crippen MR) is 68.1 cm³/mol. The number of carbonyl (C=O) groups excluding carboxylic acids is 1. The Morgan fingerprint density at radius 1 is 1.53 bits per heavy atom. The molecule has 17 heavy (non-hydrogen) atoms. The quantitative estimate of drug-likeness (QED) is 0.758. The molecular weight excluding hydrogens is 216 g/mol. The number of hydrogen-bond donors (Lipinski definition) is 2. The monoisotopic (exact) mass is 234 g/mol. The van der Waals surface area contributed by atoms with Gasteiger partial charge in [-0.05, 0) is 20.8 Å². The van der Waals surface area contributed by atoms with Crippen molar-refractivity contribution in [3.8, 4) is 0 Å². The van der Waals surface area contributed by atoms with E-state index in [1.54, 1.807) is 19.1 Å². The molecule has 5 heteroatoms. The maximum absolute atomic E-state index is 11.8. The van der Waals surface area contributed by atoms with E-state index in [0.717, 1.165) is 0 Å². The number of rotatable bonds is 5. The molecule has 1 amide bonds. The summed E-state index contributed by atoms with van der Waals surface area (Å²) in [4.78, 5) is 20.1. The van der Waals surface area contributed by atoms with E-state index in [1.807, 2.05) is 13.8 Å². The fourth-order valence-electron chi connectivity index (χ4n) is 1.29. The molecule has 0 bridgehead atoms. The summed E-state index contributed by atoms with van der Waals surface area (Å²) < 4.78 is 0. The minimum atomic E-state index is -0.188. The molecule has 92 valence electrons. The summed E-state index contributed by atoms with van der Waals surface area (Å²) in [6.07, 6.45) is 1.73. The van der Waals surface area contributed by atoms with Gasteiger partial charge in [0, 0.05) is 18.7 Å². The first-order valence-corrected chi connectivity index (χ1v) is 5.54. The molecule has 0 spiro atoms. The van der Waals surface area contributed by atoms with Crippen LogP contribution in [0.5, 0.6) is 0 Å². The molecule has 1 aromatic heterocycles. The molecule has 0 fully saturated rings. The summed E-state index contributed by atoms with van der Waals surface area (Å²) in [7, 11) is 0. The fourth-order valence-corrected chi connectivity index (χ4v) is 1.29. The molecule has 2 N–H and O–H groups in total. The fraction of sp³-hybridized carbons (Fsp3) is 0.417. The predicted octanol–water partition coefficient (Wildman–Crippen LogP) is 1.52. The van der Waals surface area contributed by atoms with Gasteiger partial charge in [0.05, 0.1) is 0 Å². The molecule has 5 nitrogen and oxygen atoms in total. The van der Waals surface area contributed by atoms with Crippen LogP contribution in [0.2, 0.25) is 0 Å². The lowest BCUT2D eigenvalue weighted by atomic mass is 10.3. The maximum atomic E-state index is 11.8. The summed E-state index contributed by atoms with van der Waals surface area (Å²) in [5.41, 5.74) is 0.373. The average molecular weight is 234 g/mol. The van der Waals surface area contributed by atoms with Gasteiger partial charge < -0.3 is 10.6 Å². The standard InChI is InChI=1S/C12H18N4O/c1-5-6-13-11-7-10(15-9(4)16-11)12(17)14-8(2)3/h5,7-8H,1,6H2,2-4H3,(H,14,17)(H,13,15,16). The first-order chi connectivity index (χ1) is 8.02. The molecule has 0 radical (unpaired) electrons. The maximum Gasteiger partial charge on any atom is 0.270 e. The van der Waals surface area contributed by atoms with E-state index < -0.39 is 0 Å². The number of anilines is 1. The van der Waals surface area contributed by atoms with Crippen molar-refractivity contribution in [1.29, 1.82) is 0 Å². The summed E-state index contributed by atoms with van der Waals surface area (Å²) >= 11 is 0. The minimum Gasteiger partial charge on any atom is -0.366 e. The van der Waals surface area contributed by atoms with Gasteiger partial charge in [0.2, 0.25) is 0 Å². The second-order valence-corrected chi connectivity index (χ2v) is 3.98. The second kappa shape index (κ2) is 5.98. The third-order valence-electron chi connectivity index (χ3n) is 1.92. The average Bonchev–Trinajstić information content (AvgIpc) is 2.24. The summed E-state index contributed by atoms with van der Waals surface area (Å²) in [6.45, 7) is 9.78. The third kappa shape index (κ3) is 4.22. The van der Waals surface area contributed by atoms with E-state index in [-0.39, 0.29) is 11.9 Å². The van der Waals surface area contributed by atoms with Gasteiger partial charge >= 0.3 is 0 Å². The lowest BCUT2D eigenvalue weighted by molar-refractivity contribution is 0.0937. The van der Waals surface area contributed by atoms with Crippen LogP contribution in [0.25, 0.3) is 0 Å². The van der Waals surface area contributed by atoms with Crippen molar-refractivity contribution < 1.29 is 4.79 Å². The molecule has 0 saturated carbocycles. The summed E-state index contributed by atoms with van der Waals surface area (Å²) in [5.74, 6) is 1.01. The van der Waals surface area contributed by atoms with Crippen LogP contribution in [-0.4, -0.2) is 28.5 Å². The molecule has 0 saturated heterocycles. The van der Waals surface area contributed by atoms with Gasteiger partial charge in [-0.15, -0.1) is 6.58 Å². The number of carbonyl (C=O) groups is 1. The lowest BCUT2D eigenvalue weighted by Crippen LogP contribution is -2.31. The number of amides is 1. The highest BCUT2D eigenvalue weighted by molar-refractivity contribution is 5.93. The second-order valence-electron chi connectivity index (χ2n) is 3.98. The van der Waals surface area contributed by atoms with E-state index in [2.05, 4.69) is 27.2 Å². The van der Waals surface area contributed by atoms with E-state index >= 15 is 0 Å². The molecule has 1 heterocycles. The van der Waals surface area contributed by atoms with Crippen LogP contribution >= 0.6 is 0 Å². The first-order valence-electron chi connectivity index (χ1n) is 5.54. The molecule has 0 unspecified atom stereocenters. The highest BCUT2D eigenvalue weighted by Gasteiger charge is 2.10. The number of aromatic nitrogens is 2. The van der Waals surface area contributed by atoms with E-state index in [9.17, 15) is 4.79 Å². The van der Waals surface area contributed by atoms with Crippen LogP contribution in [0.1, 0.15) is 30.2 Å². The normalized spacial score (nSPS) is 10.1. The van der Waals surface area contributed by atoms with Crippen LogP contribution in [0.3, 0.4) is 0 Å². The molecular formula is C12H18N4O. The van der Waals surface area contributed by atoms with Gasteiger partial charge in [0.15, 0.2) is 0 Å². The Bertz CT molecular complexity index is 415. The Kier molecular flexibility index (Phi) is 4.63. The Morgan fingerprint density at radius 2 is 2.24 bits per heavy atom. The SMILES string of the molecule is C=CCNc1cc(C(=O)NC(C)C)nc(C)n1. The number of hydrogen-bond acceptors (Lipinski definition) is 4. The van der Waals surface area contributed by atoms with Gasteiger partial charge in [-0.1, -0.05) is 6.08 Å². The van der Waals surface area contributed by atoms with Crippen LogP contribution < -0.4 is 10.6 Å². The van der Waals surface area contributed by atoms with Gasteiger partial charge in [0.1, 0.15) is 17.3 Å². The molecule has 0 aliphatic rings. The first kappa shape index (κ1) is 13.2. The van der Waals surface area contributed by atoms with Crippen LogP contribution in [0.4, 0.5) is 5.82 Å². The molecule has 0 atom stereocenters. The zero-order chi connectivity index (χ0) is 12.8. The Balaban J connectivity index is 2.88. The van der Waals surface area contributed by atoms with Gasteiger partial charge in [-0.3, -0.25) is 4.79 Å². The van der Waals surface area contributed by atoms with Crippen molar-refractivity contribution in [2.75, 3.05) is 11.9 Å². The minimum absolute atomic E-state index is 0.0855. The van der Waals surface area contributed by atoms with Crippen molar-refractivity contribution in [3.63, 3.8) is 0 Å². The Morgan fingerprint density at radius 3 is 2.82 bits per heavy atom. The molecule has 1 rings (SSSR count). The van der Waals surface area contributed by atoms with Crippen LogP contribution in [0.15, 0.2) is 18.7 Å². The van der Waals surface area contributed by atoms with Crippen molar-refractivity contribution in [3.05, 3.63) is 30.2 Å². The number of aryl methyl sites for hydroxylation is 1. The van der Waals surface area contributed by atoms with Gasteiger partial charge in [-0.2, -0.15) is 0 Å². The van der Waals surface area contributed by atoms with Crippen molar-refractivity contribution in [1.82, 2.24) is 15.3 Å². The summed E-state index contributed by atoms with van der Waals surface area (Å²) in [5, 5.41) is 5.83. The van der Waals surface area contributed by atoms with Crippen LogP contribution in [0, 0.1) is 6.92 Å². The summed E-state index contributed by atoms with van der Waals surface area (Å²) in [6, 6.07) is 1.72. The third-order valence-corrected chi connectivity index (χ3v) is 1.92. The highest BCUT2D eigenvalue weighted by Crippen LogP contribution is 2.06. The Hall–Kier alpha value is -1.91. The van der Waals surface area contributed by atoms with Crippen LogP contribution in [-0.2, 0) is 0 Å². The van der Waals surface area contributed by atoms with Crippen molar-refractivity contribution in [2.45, 2.75) is 26.8 Å². The molecule has 1 aromatic rings. The van der Waals surface area contributed by atoms with Gasteiger partial charge in [-0.25, -0.2) is 9.97 Å². The molecule has 0 aliphatic carbocycles. The Labute approximate surface area is 101 Å². The van der Waals surface area contributed by atoms with Gasteiger partial charge in [0.25, 0.3) is 5.91 Å². The topological polar surface area (TPSA) is 66.9 Å². The number of nitrogens with one attached hydrogen (secondary N) is 2. The lowest BCUT2D eigenvalue weighted by Gasteiger charge is -2.09. The van der Waals surface area contributed by atoms with E-state index in [4.69, 9.17) is 0 Å².